The molecule has 18 heavy (non-hydrogen) atoms. The predicted octanol–water partition coefficient (Wildman–Crippen LogP) is 1.22. The fourth-order valence-electron chi connectivity index (χ4n) is 1.82. The highest BCUT2D eigenvalue weighted by Gasteiger charge is 2.30. The van der Waals surface area contributed by atoms with Crippen molar-refractivity contribution in [2.24, 2.45) is 0 Å². The van der Waals surface area contributed by atoms with E-state index in [1.807, 2.05) is 0 Å². The van der Waals surface area contributed by atoms with Crippen molar-refractivity contribution < 1.29 is 14.2 Å². The van der Waals surface area contributed by atoms with Gasteiger partial charge in [-0.15, -0.1) is 0 Å². The highest BCUT2D eigenvalue weighted by atomic mass is 35.5. The van der Waals surface area contributed by atoms with E-state index in [0.29, 0.717) is 11.2 Å². The summed E-state index contributed by atoms with van der Waals surface area (Å²) in [6, 6.07) is 0. The maximum absolute atomic E-state index is 13.7. The summed E-state index contributed by atoms with van der Waals surface area (Å²) in [6.45, 7) is -0.285. The van der Waals surface area contributed by atoms with Crippen LogP contribution in [0.15, 0.2) is 24.6 Å². The number of imidazole rings is 1. The van der Waals surface area contributed by atoms with Crippen molar-refractivity contribution in [3.05, 3.63) is 29.7 Å². The second-order valence-electron chi connectivity index (χ2n) is 3.75. The topological polar surface area (TPSA) is 73.1 Å². The molecule has 1 aliphatic heterocycles. The van der Waals surface area contributed by atoms with Gasteiger partial charge in [-0.05, 0) is 6.08 Å². The number of halogens is 2. The SMILES string of the molecule is OC[C@@H]1C=C(F)[C@H](n2cnc3c(Cl)ncnc32)O1. The Balaban J connectivity index is 2.06. The fourth-order valence-corrected chi connectivity index (χ4v) is 2.00. The van der Waals surface area contributed by atoms with E-state index >= 15 is 0 Å². The van der Waals surface area contributed by atoms with Gasteiger partial charge in [0, 0.05) is 0 Å². The average molecular weight is 271 g/mol. The van der Waals surface area contributed by atoms with E-state index in [0.717, 1.165) is 0 Å². The molecule has 0 saturated carbocycles. The highest BCUT2D eigenvalue weighted by Crippen LogP contribution is 2.32. The molecule has 3 rings (SSSR count). The van der Waals surface area contributed by atoms with Gasteiger partial charge in [-0.25, -0.2) is 19.3 Å². The molecular formula is C10H8ClFN4O2. The summed E-state index contributed by atoms with van der Waals surface area (Å²) in [5, 5.41) is 9.14. The van der Waals surface area contributed by atoms with Gasteiger partial charge in [0.05, 0.1) is 12.9 Å². The molecule has 3 heterocycles. The standard InChI is InChI=1S/C10H8ClFN4O2/c11-8-7-9(14-3-13-8)16(4-15-7)10-6(12)1-5(2-17)18-10/h1,3-5,10,17H,2H2/t5-,10+/m0/s1. The summed E-state index contributed by atoms with van der Waals surface area (Å²) >= 11 is 5.85. The van der Waals surface area contributed by atoms with E-state index in [-0.39, 0.29) is 11.8 Å². The van der Waals surface area contributed by atoms with Crippen LogP contribution in [-0.2, 0) is 4.74 Å². The number of hydrogen-bond acceptors (Lipinski definition) is 5. The Labute approximate surface area is 106 Å². The van der Waals surface area contributed by atoms with Crippen molar-refractivity contribution in [1.29, 1.82) is 0 Å². The van der Waals surface area contributed by atoms with Gasteiger partial charge in [0.25, 0.3) is 0 Å². The Morgan fingerprint density at radius 3 is 3.00 bits per heavy atom. The molecule has 0 fully saturated rings. The van der Waals surface area contributed by atoms with Gasteiger partial charge in [0.15, 0.2) is 17.0 Å². The fraction of sp³-hybridized carbons (Fsp3) is 0.300. The van der Waals surface area contributed by atoms with Crippen LogP contribution >= 0.6 is 11.6 Å². The third-order valence-electron chi connectivity index (χ3n) is 2.63. The smallest absolute Gasteiger partial charge is 0.189 e. The molecule has 94 valence electrons. The molecular weight excluding hydrogens is 263 g/mol. The lowest BCUT2D eigenvalue weighted by Gasteiger charge is -2.14. The second kappa shape index (κ2) is 4.27. The number of nitrogens with zero attached hydrogens (tertiary/aromatic N) is 4. The quantitative estimate of drug-likeness (QED) is 0.831. The maximum atomic E-state index is 13.7. The zero-order chi connectivity index (χ0) is 12.7. The summed E-state index contributed by atoms with van der Waals surface area (Å²) in [7, 11) is 0. The third kappa shape index (κ3) is 1.67. The Morgan fingerprint density at radius 2 is 2.28 bits per heavy atom. The summed E-state index contributed by atoms with van der Waals surface area (Å²) in [6.07, 6.45) is 2.23. The second-order valence-corrected chi connectivity index (χ2v) is 4.11. The normalized spacial score (nSPS) is 23.6. The first kappa shape index (κ1) is 11.5. The molecule has 0 radical (unpaired) electrons. The molecule has 2 aromatic rings. The molecule has 0 amide bonds. The minimum absolute atomic E-state index is 0.194. The Hall–Kier alpha value is -1.57. The number of aliphatic hydroxyl groups is 1. The van der Waals surface area contributed by atoms with Gasteiger partial charge >= 0.3 is 0 Å². The summed E-state index contributed by atoms with van der Waals surface area (Å²) < 4.78 is 20.4. The first-order valence-electron chi connectivity index (χ1n) is 5.17. The zero-order valence-corrected chi connectivity index (χ0v) is 9.75. The maximum Gasteiger partial charge on any atom is 0.189 e. The highest BCUT2D eigenvalue weighted by molar-refractivity contribution is 6.33. The van der Waals surface area contributed by atoms with Crippen molar-refractivity contribution >= 4 is 22.8 Å². The van der Waals surface area contributed by atoms with Crippen LogP contribution in [0, 0.1) is 0 Å². The van der Waals surface area contributed by atoms with Crippen LogP contribution in [0.1, 0.15) is 6.23 Å². The van der Waals surface area contributed by atoms with Crippen molar-refractivity contribution in [3.8, 4) is 0 Å². The molecule has 2 atom stereocenters. The zero-order valence-electron chi connectivity index (χ0n) is 8.99. The van der Waals surface area contributed by atoms with Gasteiger partial charge in [0.1, 0.15) is 23.8 Å². The van der Waals surface area contributed by atoms with Gasteiger partial charge in [-0.2, -0.15) is 0 Å². The van der Waals surface area contributed by atoms with Gasteiger partial charge in [-0.1, -0.05) is 11.6 Å². The van der Waals surface area contributed by atoms with Crippen LogP contribution in [0.5, 0.6) is 0 Å². The Kier molecular flexibility index (Phi) is 2.73. The molecule has 1 N–H and O–H groups in total. The Morgan fingerprint density at radius 1 is 1.44 bits per heavy atom. The first-order valence-corrected chi connectivity index (χ1v) is 5.55. The molecule has 0 bridgehead atoms. The summed E-state index contributed by atoms with van der Waals surface area (Å²) in [5.74, 6) is -0.497. The molecule has 0 saturated heterocycles. The molecule has 0 aromatic carbocycles. The summed E-state index contributed by atoms with van der Waals surface area (Å²) in [4.78, 5) is 11.8. The molecule has 2 aromatic heterocycles. The van der Waals surface area contributed by atoms with Gasteiger partial charge in [-0.3, -0.25) is 4.57 Å². The number of fused-ring (bicyclic) bond motifs is 1. The lowest BCUT2D eigenvalue weighted by atomic mass is 10.3. The molecule has 0 unspecified atom stereocenters. The number of aromatic nitrogens is 4. The van der Waals surface area contributed by atoms with E-state index in [1.165, 1.54) is 23.3 Å². The van der Waals surface area contributed by atoms with Crippen LogP contribution in [0.25, 0.3) is 11.2 Å². The number of hydrogen-bond donors (Lipinski definition) is 1. The first-order chi connectivity index (χ1) is 8.70. The molecule has 8 heteroatoms. The molecule has 0 spiro atoms. The Bertz CT molecular complexity index is 629. The van der Waals surface area contributed by atoms with Gasteiger partial charge < -0.3 is 9.84 Å². The van der Waals surface area contributed by atoms with E-state index in [1.54, 1.807) is 0 Å². The van der Waals surface area contributed by atoms with E-state index in [2.05, 4.69) is 15.0 Å². The van der Waals surface area contributed by atoms with Crippen molar-refractivity contribution in [3.63, 3.8) is 0 Å². The average Bonchev–Trinajstić information content (AvgIpc) is 2.93. The van der Waals surface area contributed by atoms with Crippen LogP contribution in [0.2, 0.25) is 5.15 Å². The number of aliphatic hydroxyl groups excluding tert-OH is 1. The van der Waals surface area contributed by atoms with Crippen LogP contribution in [0.3, 0.4) is 0 Å². The third-order valence-corrected chi connectivity index (χ3v) is 2.91. The minimum Gasteiger partial charge on any atom is -0.393 e. The van der Waals surface area contributed by atoms with Crippen LogP contribution < -0.4 is 0 Å². The van der Waals surface area contributed by atoms with Gasteiger partial charge in [0.2, 0.25) is 0 Å². The lowest BCUT2D eigenvalue weighted by molar-refractivity contribution is -0.0174. The van der Waals surface area contributed by atoms with E-state index in [4.69, 9.17) is 21.4 Å². The van der Waals surface area contributed by atoms with Crippen molar-refractivity contribution in [2.75, 3.05) is 6.61 Å². The van der Waals surface area contributed by atoms with Crippen LogP contribution in [0.4, 0.5) is 4.39 Å². The van der Waals surface area contributed by atoms with E-state index in [9.17, 15) is 4.39 Å². The number of rotatable bonds is 2. The molecule has 0 aliphatic carbocycles. The van der Waals surface area contributed by atoms with Crippen LogP contribution in [-0.4, -0.2) is 37.3 Å². The monoisotopic (exact) mass is 270 g/mol. The largest absolute Gasteiger partial charge is 0.393 e. The van der Waals surface area contributed by atoms with Crippen molar-refractivity contribution in [1.82, 2.24) is 19.5 Å². The summed E-state index contributed by atoms with van der Waals surface area (Å²) in [5.41, 5.74) is 0.755. The lowest BCUT2D eigenvalue weighted by Crippen LogP contribution is -2.16. The number of ether oxygens (including phenoxy) is 1. The van der Waals surface area contributed by atoms with Crippen molar-refractivity contribution in [2.45, 2.75) is 12.3 Å². The molecule has 6 nitrogen and oxygen atoms in total. The molecule has 1 aliphatic rings. The van der Waals surface area contributed by atoms with E-state index < -0.39 is 18.2 Å². The minimum atomic E-state index is -0.974. The predicted molar refractivity (Wildman–Crippen MR) is 60.5 cm³/mol.